The quantitative estimate of drug-likeness (QED) is 0.680. The first-order valence-corrected chi connectivity index (χ1v) is 8.87. The molecule has 5 heteroatoms. The summed E-state index contributed by atoms with van der Waals surface area (Å²) in [7, 11) is 0. The van der Waals surface area contributed by atoms with E-state index >= 15 is 0 Å². The van der Waals surface area contributed by atoms with Crippen molar-refractivity contribution in [1.82, 2.24) is 4.90 Å². The van der Waals surface area contributed by atoms with E-state index in [0.29, 0.717) is 19.3 Å². The Labute approximate surface area is 151 Å². The Kier molecular flexibility index (Phi) is 7.46. The molecular formula is C20H31NO4. The summed E-state index contributed by atoms with van der Waals surface area (Å²) < 4.78 is 11.0. The van der Waals surface area contributed by atoms with Gasteiger partial charge in [-0.15, -0.1) is 0 Å². The van der Waals surface area contributed by atoms with Gasteiger partial charge in [0.25, 0.3) is 0 Å². The van der Waals surface area contributed by atoms with E-state index in [4.69, 9.17) is 9.47 Å². The fourth-order valence-electron chi connectivity index (χ4n) is 1.87. The lowest BCUT2D eigenvalue weighted by Crippen LogP contribution is -2.45. The molecular weight excluding hydrogens is 318 g/mol. The summed E-state index contributed by atoms with van der Waals surface area (Å²) in [4.78, 5) is 26.2. The van der Waals surface area contributed by atoms with Crippen molar-refractivity contribution in [3.05, 3.63) is 35.9 Å². The van der Waals surface area contributed by atoms with Crippen LogP contribution in [0.4, 0.5) is 9.59 Å². The number of ether oxygens (including phenoxy) is 2. The average Bonchev–Trinajstić information content (AvgIpc) is 2.55. The molecule has 1 rings (SSSR count). The highest BCUT2D eigenvalue weighted by atomic mass is 16.6. The van der Waals surface area contributed by atoms with Crippen molar-refractivity contribution in [2.75, 3.05) is 6.54 Å². The van der Waals surface area contributed by atoms with Crippen molar-refractivity contribution in [1.29, 1.82) is 0 Å². The summed E-state index contributed by atoms with van der Waals surface area (Å²) in [5.41, 5.74) is -0.233. The molecule has 5 nitrogen and oxygen atoms in total. The van der Waals surface area contributed by atoms with Crippen molar-refractivity contribution in [3.63, 3.8) is 0 Å². The molecule has 0 spiro atoms. The van der Waals surface area contributed by atoms with E-state index in [-0.39, 0.29) is 6.54 Å². The van der Waals surface area contributed by atoms with Gasteiger partial charge in [0.05, 0.1) is 0 Å². The molecule has 0 atom stereocenters. The second-order valence-corrected chi connectivity index (χ2v) is 7.35. The molecule has 2 amide bonds. The maximum atomic E-state index is 12.6. The lowest BCUT2D eigenvalue weighted by atomic mass is 10.1. The maximum absolute atomic E-state index is 12.6. The number of hydrogen-bond acceptors (Lipinski definition) is 4. The fraction of sp³-hybridized carbons (Fsp3) is 0.600. The standard InChI is InChI=1S/C20H31NO4/c1-7-19(3,4)24-17(22)21(18(23)25-20(5,6)8-2)15-14-16-12-10-9-11-13-16/h9-13H,7-8,14-15H2,1-6H3. The number of benzene rings is 1. The van der Waals surface area contributed by atoms with Gasteiger partial charge >= 0.3 is 12.2 Å². The Morgan fingerprint density at radius 1 is 0.880 bits per heavy atom. The second-order valence-electron chi connectivity index (χ2n) is 7.35. The summed E-state index contributed by atoms with van der Waals surface area (Å²) in [5.74, 6) is 0. The summed E-state index contributed by atoms with van der Waals surface area (Å²) >= 11 is 0. The number of hydrogen-bond donors (Lipinski definition) is 0. The van der Waals surface area contributed by atoms with Crippen LogP contribution in [0.15, 0.2) is 30.3 Å². The zero-order valence-corrected chi connectivity index (χ0v) is 16.3. The third kappa shape index (κ3) is 7.16. The number of imide groups is 1. The largest absolute Gasteiger partial charge is 0.443 e. The first-order chi connectivity index (χ1) is 11.6. The lowest BCUT2D eigenvalue weighted by molar-refractivity contribution is -0.0109. The first kappa shape index (κ1) is 21.0. The van der Waals surface area contributed by atoms with Gasteiger partial charge in [0.1, 0.15) is 11.2 Å². The lowest BCUT2D eigenvalue weighted by Gasteiger charge is -2.30. The van der Waals surface area contributed by atoms with Gasteiger partial charge in [-0.2, -0.15) is 0 Å². The minimum atomic E-state index is -0.667. The van der Waals surface area contributed by atoms with E-state index in [9.17, 15) is 9.59 Å². The molecule has 25 heavy (non-hydrogen) atoms. The second kappa shape index (κ2) is 8.88. The van der Waals surface area contributed by atoms with Crippen LogP contribution in [0, 0.1) is 0 Å². The van der Waals surface area contributed by atoms with Crippen LogP contribution in [0.5, 0.6) is 0 Å². The van der Waals surface area contributed by atoms with E-state index in [1.165, 1.54) is 0 Å². The molecule has 0 N–H and O–H groups in total. The average molecular weight is 349 g/mol. The number of carbonyl (C=O) groups is 2. The topological polar surface area (TPSA) is 55.8 Å². The third-order valence-electron chi connectivity index (χ3n) is 4.34. The van der Waals surface area contributed by atoms with Crippen LogP contribution in [0.3, 0.4) is 0 Å². The van der Waals surface area contributed by atoms with Crippen LogP contribution in [0.2, 0.25) is 0 Å². The van der Waals surface area contributed by atoms with Gasteiger partial charge in [0.15, 0.2) is 0 Å². The van der Waals surface area contributed by atoms with Crippen molar-refractivity contribution < 1.29 is 19.1 Å². The number of nitrogens with zero attached hydrogens (tertiary/aromatic N) is 1. The van der Waals surface area contributed by atoms with Gasteiger partial charge in [-0.3, -0.25) is 0 Å². The van der Waals surface area contributed by atoms with Gasteiger partial charge in [-0.25, -0.2) is 14.5 Å². The predicted octanol–water partition coefficient (Wildman–Crippen LogP) is 5.18. The van der Waals surface area contributed by atoms with E-state index < -0.39 is 23.4 Å². The van der Waals surface area contributed by atoms with Crippen LogP contribution in [0.1, 0.15) is 59.9 Å². The smallest absolute Gasteiger partial charge is 0.419 e. The number of carbonyl (C=O) groups excluding carboxylic acids is 2. The van der Waals surface area contributed by atoms with E-state index in [1.54, 1.807) is 0 Å². The van der Waals surface area contributed by atoms with Crippen molar-refractivity contribution in [2.24, 2.45) is 0 Å². The number of rotatable bonds is 7. The van der Waals surface area contributed by atoms with Crippen molar-refractivity contribution in [2.45, 2.75) is 72.0 Å². The molecule has 0 unspecified atom stereocenters. The summed E-state index contributed by atoms with van der Waals surface area (Å²) in [6, 6.07) is 9.70. The van der Waals surface area contributed by atoms with Gasteiger partial charge in [-0.1, -0.05) is 44.2 Å². The minimum Gasteiger partial charge on any atom is -0.443 e. The molecule has 140 valence electrons. The Balaban J connectivity index is 2.88. The Hall–Kier alpha value is -2.04. The summed E-state index contributed by atoms with van der Waals surface area (Å²) in [6.45, 7) is 11.4. The van der Waals surface area contributed by atoms with Crippen molar-refractivity contribution in [3.8, 4) is 0 Å². The fourth-order valence-corrected chi connectivity index (χ4v) is 1.87. The molecule has 1 aromatic rings. The van der Waals surface area contributed by atoms with Crippen molar-refractivity contribution >= 4 is 12.2 Å². The number of amides is 2. The highest BCUT2D eigenvalue weighted by molar-refractivity contribution is 5.88. The van der Waals surface area contributed by atoms with E-state index in [1.807, 2.05) is 71.9 Å². The monoisotopic (exact) mass is 349 g/mol. The Morgan fingerprint density at radius 3 is 1.72 bits per heavy atom. The summed E-state index contributed by atoms with van der Waals surface area (Å²) in [6.07, 6.45) is 0.519. The van der Waals surface area contributed by atoms with Crippen LogP contribution in [0.25, 0.3) is 0 Å². The van der Waals surface area contributed by atoms with Gasteiger partial charge in [-0.05, 0) is 52.5 Å². The van der Waals surface area contributed by atoms with Crippen LogP contribution in [-0.2, 0) is 15.9 Å². The SMILES string of the molecule is CCC(C)(C)OC(=O)N(CCc1ccccc1)C(=O)OC(C)(C)CC. The zero-order valence-electron chi connectivity index (χ0n) is 16.3. The molecule has 0 saturated heterocycles. The molecule has 0 fully saturated rings. The van der Waals surface area contributed by atoms with E-state index in [0.717, 1.165) is 10.5 Å². The molecule has 0 heterocycles. The first-order valence-electron chi connectivity index (χ1n) is 8.87. The normalized spacial score (nSPS) is 11.8. The highest BCUT2D eigenvalue weighted by Gasteiger charge is 2.32. The van der Waals surface area contributed by atoms with Crippen LogP contribution >= 0.6 is 0 Å². The molecule has 0 aliphatic rings. The highest BCUT2D eigenvalue weighted by Crippen LogP contribution is 2.19. The van der Waals surface area contributed by atoms with Gasteiger partial charge in [0, 0.05) is 6.54 Å². The molecule has 0 radical (unpaired) electrons. The van der Waals surface area contributed by atoms with Gasteiger partial charge in [0.2, 0.25) is 0 Å². The molecule has 0 bridgehead atoms. The molecule has 0 saturated carbocycles. The minimum absolute atomic E-state index is 0.210. The zero-order chi connectivity index (χ0) is 19.1. The van der Waals surface area contributed by atoms with E-state index in [2.05, 4.69) is 0 Å². The molecule has 0 aliphatic carbocycles. The summed E-state index contributed by atoms with van der Waals surface area (Å²) in [5, 5.41) is 0. The maximum Gasteiger partial charge on any atom is 0.419 e. The third-order valence-corrected chi connectivity index (χ3v) is 4.34. The molecule has 0 aliphatic heterocycles. The van der Waals surface area contributed by atoms with Crippen LogP contribution in [-0.4, -0.2) is 34.8 Å². The molecule has 1 aromatic carbocycles. The van der Waals surface area contributed by atoms with Crippen LogP contribution < -0.4 is 0 Å². The predicted molar refractivity (Wildman–Crippen MR) is 98.6 cm³/mol. The van der Waals surface area contributed by atoms with Gasteiger partial charge < -0.3 is 9.47 Å². The Morgan fingerprint density at radius 2 is 1.32 bits per heavy atom. The Bertz CT molecular complexity index is 536. The molecule has 0 aromatic heterocycles.